The summed E-state index contributed by atoms with van der Waals surface area (Å²) in [6.07, 6.45) is 0. The lowest BCUT2D eigenvalue weighted by molar-refractivity contribution is 0.792. The van der Waals surface area contributed by atoms with Crippen molar-refractivity contribution in [2.24, 2.45) is 0 Å². The number of nitrogens with one attached hydrogen (secondary N) is 1. The zero-order valence-electron chi connectivity index (χ0n) is 34.9. The number of rotatable bonds is 2. The van der Waals surface area contributed by atoms with Crippen molar-refractivity contribution in [3.63, 3.8) is 0 Å². The summed E-state index contributed by atoms with van der Waals surface area (Å²) < 4.78 is 0. The summed E-state index contributed by atoms with van der Waals surface area (Å²) in [6.45, 7) is 0. The number of fused-ring (bicyclic) bond motifs is 24. The SMILES string of the molecule is c1cc(-c2cccc3c2-c2ccccc2C32c3ccccc3-c3ccccc32)cc(C2Nc3ccccc3-c3c2ccc2c3-c3ccccc3C23c2ccccc2-c2ccccc23)c1. The summed E-state index contributed by atoms with van der Waals surface area (Å²) in [5, 5.41) is 4.09. The molecule has 0 amide bonds. The van der Waals surface area contributed by atoms with Crippen molar-refractivity contribution in [3.05, 3.63) is 280 Å². The Labute approximate surface area is 373 Å². The average molecular weight is 810 g/mol. The maximum absolute atomic E-state index is 4.09. The molecule has 0 saturated carbocycles. The monoisotopic (exact) mass is 809 g/mol. The van der Waals surface area contributed by atoms with Crippen LogP contribution in [0.15, 0.2) is 224 Å². The molecule has 4 aliphatic carbocycles. The molecule has 0 saturated heterocycles. The quantitative estimate of drug-likeness (QED) is 0.183. The highest BCUT2D eigenvalue weighted by Gasteiger charge is 2.54. The molecule has 0 radical (unpaired) electrons. The Balaban J connectivity index is 0.945. The van der Waals surface area contributed by atoms with E-state index in [0.29, 0.717) is 0 Å². The fraction of sp³-hybridized carbons (Fsp3) is 0.0476. The van der Waals surface area contributed by atoms with Crippen LogP contribution in [0.3, 0.4) is 0 Å². The van der Waals surface area contributed by atoms with E-state index >= 15 is 0 Å². The maximum atomic E-state index is 4.09. The van der Waals surface area contributed by atoms with E-state index in [-0.39, 0.29) is 11.5 Å². The Hall–Kier alpha value is -8.00. The first kappa shape index (κ1) is 34.6. The third kappa shape index (κ3) is 4.03. The van der Waals surface area contributed by atoms with E-state index in [9.17, 15) is 0 Å². The van der Waals surface area contributed by atoms with Crippen LogP contribution >= 0.6 is 0 Å². The van der Waals surface area contributed by atoms with Crippen LogP contribution in [0.2, 0.25) is 0 Å². The first-order valence-corrected chi connectivity index (χ1v) is 22.6. The van der Waals surface area contributed by atoms with Crippen LogP contribution in [0, 0.1) is 0 Å². The highest BCUT2D eigenvalue weighted by atomic mass is 14.9. The standard InChI is InChI=1S/C63H39N/c1-8-27-49-41(19-1)42-20-2-9-28-50(42)62(49)53-31-12-5-23-45(53)58-40(26-16-33-55(58)62)38-17-15-18-39(37-38)61-48-35-36-56-60(59(48)47-25-7-14-34-57(47)64-61)46-24-6-13-32-54(46)63(56)51-29-10-3-21-43(51)44-22-4-11-30-52(44)63/h1-37,61,64H. The maximum Gasteiger partial charge on any atom is 0.0774 e. The molecule has 15 rings (SSSR count). The lowest BCUT2D eigenvalue weighted by atomic mass is 9.70. The summed E-state index contributed by atoms with van der Waals surface area (Å²) in [5.41, 5.74) is 29.7. The molecule has 1 nitrogen and oxygen atoms in total. The minimum atomic E-state index is -0.398. The largest absolute Gasteiger partial charge is 0.374 e. The van der Waals surface area contributed by atoms with Gasteiger partial charge in [0.05, 0.1) is 16.9 Å². The zero-order chi connectivity index (χ0) is 41.7. The van der Waals surface area contributed by atoms with Gasteiger partial charge in [-0.25, -0.2) is 0 Å². The minimum Gasteiger partial charge on any atom is -0.374 e. The van der Waals surface area contributed by atoms with E-state index in [1.54, 1.807) is 0 Å². The molecule has 0 aromatic heterocycles. The first-order chi connectivity index (χ1) is 31.8. The Morgan fingerprint density at radius 1 is 0.281 bits per heavy atom. The molecule has 1 aliphatic heterocycles. The molecule has 10 aromatic carbocycles. The summed E-state index contributed by atoms with van der Waals surface area (Å²) >= 11 is 0. The minimum absolute atomic E-state index is 0.0639. The highest BCUT2D eigenvalue weighted by molar-refractivity contribution is 6.04. The molecule has 5 aliphatic rings. The van der Waals surface area contributed by atoms with Crippen LogP contribution in [-0.2, 0) is 10.8 Å². The second-order valence-electron chi connectivity index (χ2n) is 18.2. The van der Waals surface area contributed by atoms with Crippen molar-refractivity contribution in [2.45, 2.75) is 16.9 Å². The molecule has 0 fully saturated rings. The van der Waals surface area contributed by atoms with Crippen LogP contribution in [0.1, 0.15) is 61.7 Å². The smallest absolute Gasteiger partial charge is 0.0774 e. The molecule has 1 N–H and O–H groups in total. The van der Waals surface area contributed by atoms with Gasteiger partial charge in [-0.2, -0.15) is 0 Å². The fourth-order valence-electron chi connectivity index (χ4n) is 13.3. The molecule has 1 heterocycles. The van der Waals surface area contributed by atoms with Crippen molar-refractivity contribution < 1.29 is 0 Å². The van der Waals surface area contributed by atoms with Gasteiger partial charge in [-0.3, -0.25) is 0 Å². The van der Waals surface area contributed by atoms with E-state index in [0.717, 1.165) is 0 Å². The van der Waals surface area contributed by atoms with Gasteiger partial charge in [0.2, 0.25) is 0 Å². The number of anilines is 1. The lowest BCUT2D eigenvalue weighted by Gasteiger charge is -2.34. The predicted octanol–water partition coefficient (Wildman–Crippen LogP) is 15.2. The Bertz CT molecular complexity index is 3590. The van der Waals surface area contributed by atoms with Gasteiger partial charge in [-0.1, -0.05) is 212 Å². The Morgan fingerprint density at radius 2 is 0.688 bits per heavy atom. The number of para-hydroxylation sites is 1. The van der Waals surface area contributed by atoms with E-state index in [1.807, 2.05) is 0 Å². The number of hydrogen-bond donors (Lipinski definition) is 1. The van der Waals surface area contributed by atoms with E-state index in [2.05, 4.69) is 230 Å². The summed E-state index contributed by atoms with van der Waals surface area (Å²) in [5.74, 6) is 0. The van der Waals surface area contributed by atoms with Crippen LogP contribution in [0.25, 0.3) is 66.8 Å². The molecule has 1 heteroatoms. The molecule has 1 unspecified atom stereocenters. The Morgan fingerprint density at radius 3 is 1.25 bits per heavy atom. The highest BCUT2D eigenvalue weighted by Crippen LogP contribution is 2.67. The molecule has 0 bridgehead atoms. The van der Waals surface area contributed by atoms with Crippen LogP contribution in [0.5, 0.6) is 0 Å². The van der Waals surface area contributed by atoms with E-state index in [1.165, 1.54) is 128 Å². The van der Waals surface area contributed by atoms with Crippen molar-refractivity contribution in [2.75, 3.05) is 5.32 Å². The van der Waals surface area contributed by atoms with Crippen LogP contribution in [0.4, 0.5) is 5.69 Å². The van der Waals surface area contributed by atoms with Crippen molar-refractivity contribution in [3.8, 4) is 66.8 Å². The van der Waals surface area contributed by atoms with Gasteiger partial charge < -0.3 is 5.32 Å². The van der Waals surface area contributed by atoms with Gasteiger partial charge in [0.15, 0.2) is 0 Å². The molecular formula is C63H39N. The van der Waals surface area contributed by atoms with Gasteiger partial charge in [0, 0.05) is 11.3 Å². The van der Waals surface area contributed by atoms with Gasteiger partial charge >= 0.3 is 0 Å². The molecular weight excluding hydrogens is 771 g/mol. The molecule has 296 valence electrons. The second-order valence-corrected chi connectivity index (χ2v) is 18.2. The van der Waals surface area contributed by atoms with Crippen molar-refractivity contribution >= 4 is 5.69 Å². The zero-order valence-corrected chi connectivity index (χ0v) is 34.9. The third-order valence-corrected chi connectivity index (χ3v) is 15.6. The fourth-order valence-corrected chi connectivity index (χ4v) is 13.3. The predicted molar refractivity (Wildman–Crippen MR) is 262 cm³/mol. The van der Waals surface area contributed by atoms with Gasteiger partial charge in [0.25, 0.3) is 0 Å². The van der Waals surface area contributed by atoms with Gasteiger partial charge in [-0.05, 0) is 129 Å². The Kier molecular flexibility index (Phi) is 6.67. The first-order valence-electron chi connectivity index (χ1n) is 22.6. The molecule has 10 aromatic rings. The lowest BCUT2D eigenvalue weighted by Crippen LogP contribution is -2.26. The van der Waals surface area contributed by atoms with Gasteiger partial charge in [0.1, 0.15) is 0 Å². The summed E-state index contributed by atoms with van der Waals surface area (Å²) in [4.78, 5) is 0. The summed E-state index contributed by atoms with van der Waals surface area (Å²) in [7, 11) is 0. The topological polar surface area (TPSA) is 12.0 Å². The van der Waals surface area contributed by atoms with Crippen LogP contribution in [-0.4, -0.2) is 0 Å². The van der Waals surface area contributed by atoms with E-state index < -0.39 is 5.41 Å². The number of benzene rings is 10. The summed E-state index contributed by atoms with van der Waals surface area (Å²) in [6, 6.07) is 84.9. The van der Waals surface area contributed by atoms with Crippen molar-refractivity contribution in [1.82, 2.24) is 0 Å². The van der Waals surface area contributed by atoms with Crippen LogP contribution < -0.4 is 5.32 Å². The second kappa shape index (κ2) is 12.3. The van der Waals surface area contributed by atoms with E-state index in [4.69, 9.17) is 0 Å². The molecule has 1 atom stereocenters. The van der Waals surface area contributed by atoms with Gasteiger partial charge in [-0.15, -0.1) is 0 Å². The third-order valence-electron chi connectivity index (χ3n) is 15.6. The number of hydrogen-bond acceptors (Lipinski definition) is 1. The molecule has 64 heavy (non-hydrogen) atoms. The average Bonchev–Trinajstić information content (AvgIpc) is 4.05. The van der Waals surface area contributed by atoms with Crippen molar-refractivity contribution in [1.29, 1.82) is 0 Å². The molecule has 2 spiro atoms. The normalized spacial score (nSPS) is 16.0.